The lowest BCUT2D eigenvalue weighted by atomic mass is 10.2. The number of carboxylic acids is 1. The minimum absolute atomic E-state index is 0.292. The van der Waals surface area contributed by atoms with Crippen molar-refractivity contribution >= 4 is 5.97 Å². The van der Waals surface area contributed by atoms with Gasteiger partial charge in [0, 0.05) is 6.42 Å². The lowest BCUT2D eigenvalue weighted by molar-refractivity contribution is -0.137. The molecule has 16 heavy (non-hydrogen) atoms. The second kappa shape index (κ2) is 12.0. The highest BCUT2D eigenvalue weighted by molar-refractivity contribution is 5.66. The quantitative estimate of drug-likeness (QED) is 0.443. The number of carbonyl (C=O) groups is 1. The fourth-order valence-electron chi connectivity index (χ4n) is 1.40. The Morgan fingerprint density at radius 1 is 1.00 bits per heavy atom. The molecular weight excluding hydrogens is 200 g/mol. The van der Waals surface area contributed by atoms with E-state index in [1.54, 1.807) is 0 Å². The molecule has 0 saturated carbocycles. The van der Waals surface area contributed by atoms with Gasteiger partial charge in [0.25, 0.3) is 0 Å². The third-order valence-corrected chi connectivity index (χ3v) is 2.37. The summed E-state index contributed by atoms with van der Waals surface area (Å²) < 4.78 is 0. The van der Waals surface area contributed by atoms with Crippen LogP contribution in [-0.2, 0) is 4.79 Å². The molecule has 0 rings (SSSR count). The van der Waals surface area contributed by atoms with E-state index >= 15 is 0 Å². The van der Waals surface area contributed by atoms with E-state index in [1.165, 1.54) is 19.3 Å². The van der Waals surface area contributed by atoms with Gasteiger partial charge in [0.05, 0.1) is 0 Å². The third-order valence-electron chi connectivity index (χ3n) is 2.37. The summed E-state index contributed by atoms with van der Waals surface area (Å²) in [4.78, 5) is 10.2. The van der Waals surface area contributed by atoms with Gasteiger partial charge in [-0.05, 0) is 32.1 Å². The molecule has 0 aromatic carbocycles. The van der Waals surface area contributed by atoms with Crippen molar-refractivity contribution < 1.29 is 9.90 Å². The third kappa shape index (κ3) is 12.9. The number of aliphatic carboxylic acids is 1. The van der Waals surface area contributed by atoms with E-state index in [4.69, 9.17) is 5.11 Å². The largest absolute Gasteiger partial charge is 0.481 e. The topological polar surface area (TPSA) is 37.3 Å². The van der Waals surface area contributed by atoms with Crippen LogP contribution in [0.4, 0.5) is 0 Å². The Balaban J connectivity index is 3.23. The van der Waals surface area contributed by atoms with Crippen molar-refractivity contribution in [2.75, 3.05) is 0 Å². The SMILES string of the molecule is CCCCCC=CC=CCCCCC(=O)O. The van der Waals surface area contributed by atoms with Crippen LogP contribution in [0, 0.1) is 0 Å². The van der Waals surface area contributed by atoms with Gasteiger partial charge in [-0.3, -0.25) is 4.79 Å². The first-order chi connectivity index (χ1) is 7.77. The van der Waals surface area contributed by atoms with E-state index in [9.17, 15) is 4.79 Å². The molecule has 92 valence electrons. The lowest BCUT2D eigenvalue weighted by Crippen LogP contribution is -1.92. The molecule has 0 bridgehead atoms. The molecule has 0 atom stereocenters. The van der Waals surface area contributed by atoms with E-state index in [-0.39, 0.29) is 0 Å². The average molecular weight is 224 g/mol. The van der Waals surface area contributed by atoms with E-state index < -0.39 is 5.97 Å². The monoisotopic (exact) mass is 224 g/mol. The molecule has 0 aliphatic rings. The number of hydrogen-bond acceptors (Lipinski definition) is 1. The molecule has 0 aromatic rings. The summed E-state index contributed by atoms with van der Waals surface area (Å²) in [6, 6.07) is 0. The summed E-state index contributed by atoms with van der Waals surface area (Å²) in [7, 11) is 0. The fourth-order valence-corrected chi connectivity index (χ4v) is 1.40. The van der Waals surface area contributed by atoms with Crippen LogP contribution in [0.15, 0.2) is 24.3 Å². The molecule has 0 saturated heterocycles. The van der Waals surface area contributed by atoms with Gasteiger partial charge in [-0.1, -0.05) is 44.1 Å². The average Bonchev–Trinajstić information content (AvgIpc) is 2.25. The lowest BCUT2D eigenvalue weighted by Gasteiger charge is -1.92. The zero-order valence-electron chi connectivity index (χ0n) is 10.3. The molecule has 0 unspecified atom stereocenters. The first-order valence-electron chi connectivity index (χ1n) is 6.30. The molecule has 0 heterocycles. The van der Waals surface area contributed by atoms with Crippen molar-refractivity contribution in [2.45, 2.75) is 58.3 Å². The van der Waals surface area contributed by atoms with Crippen LogP contribution in [0.3, 0.4) is 0 Å². The van der Waals surface area contributed by atoms with E-state index in [0.717, 1.165) is 25.7 Å². The van der Waals surface area contributed by atoms with Gasteiger partial charge in [-0.25, -0.2) is 0 Å². The Hall–Kier alpha value is -1.05. The summed E-state index contributed by atoms with van der Waals surface area (Å²) in [5.41, 5.74) is 0. The fraction of sp³-hybridized carbons (Fsp3) is 0.643. The highest BCUT2D eigenvalue weighted by Crippen LogP contribution is 2.02. The smallest absolute Gasteiger partial charge is 0.303 e. The summed E-state index contributed by atoms with van der Waals surface area (Å²) in [5, 5.41) is 8.43. The Morgan fingerprint density at radius 2 is 1.56 bits per heavy atom. The van der Waals surface area contributed by atoms with E-state index in [0.29, 0.717) is 6.42 Å². The maximum Gasteiger partial charge on any atom is 0.303 e. The zero-order valence-corrected chi connectivity index (χ0v) is 10.3. The molecule has 1 N–H and O–H groups in total. The Kier molecular flexibility index (Phi) is 11.2. The second-order valence-corrected chi connectivity index (χ2v) is 3.99. The normalized spacial score (nSPS) is 11.6. The van der Waals surface area contributed by atoms with Crippen molar-refractivity contribution in [3.63, 3.8) is 0 Å². The van der Waals surface area contributed by atoms with Crippen molar-refractivity contribution in [3.05, 3.63) is 24.3 Å². The van der Waals surface area contributed by atoms with Crippen molar-refractivity contribution in [3.8, 4) is 0 Å². The molecule has 0 aliphatic heterocycles. The predicted octanol–water partition coefficient (Wildman–Crippen LogP) is 4.32. The van der Waals surface area contributed by atoms with Crippen LogP contribution >= 0.6 is 0 Å². The van der Waals surface area contributed by atoms with Gasteiger partial charge >= 0.3 is 5.97 Å². The zero-order chi connectivity index (χ0) is 12.1. The minimum Gasteiger partial charge on any atom is -0.481 e. The second-order valence-electron chi connectivity index (χ2n) is 3.99. The summed E-state index contributed by atoms with van der Waals surface area (Å²) in [5.74, 6) is -0.695. The summed E-state index contributed by atoms with van der Waals surface area (Å²) in [6.45, 7) is 2.21. The number of hydrogen-bond donors (Lipinski definition) is 1. The molecule has 0 spiro atoms. The maximum absolute atomic E-state index is 10.2. The Morgan fingerprint density at radius 3 is 2.06 bits per heavy atom. The molecule has 2 nitrogen and oxygen atoms in total. The van der Waals surface area contributed by atoms with Gasteiger partial charge in [0.2, 0.25) is 0 Å². The van der Waals surface area contributed by atoms with Crippen LogP contribution in [0.1, 0.15) is 58.3 Å². The van der Waals surface area contributed by atoms with Crippen LogP contribution < -0.4 is 0 Å². The predicted molar refractivity (Wildman–Crippen MR) is 68.5 cm³/mol. The molecule has 0 aliphatic carbocycles. The minimum atomic E-state index is -0.695. The van der Waals surface area contributed by atoms with Crippen molar-refractivity contribution in [1.82, 2.24) is 0 Å². The number of allylic oxidation sites excluding steroid dienone is 4. The highest BCUT2D eigenvalue weighted by Gasteiger charge is 1.93. The number of rotatable bonds is 10. The van der Waals surface area contributed by atoms with Gasteiger partial charge in [0.15, 0.2) is 0 Å². The first kappa shape index (κ1) is 14.9. The molecule has 0 radical (unpaired) electrons. The van der Waals surface area contributed by atoms with Crippen LogP contribution in [0.2, 0.25) is 0 Å². The standard InChI is InChI=1S/C14H24O2/c1-2-3-4-5-6-7-8-9-10-11-12-13-14(15)16/h6-9H,2-5,10-13H2,1H3,(H,15,16). The van der Waals surface area contributed by atoms with Gasteiger partial charge in [-0.15, -0.1) is 0 Å². The first-order valence-corrected chi connectivity index (χ1v) is 6.30. The van der Waals surface area contributed by atoms with Gasteiger partial charge < -0.3 is 5.11 Å². The van der Waals surface area contributed by atoms with Crippen molar-refractivity contribution in [1.29, 1.82) is 0 Å². The van der Waals surface area contributed by atoms with Crippen LogP contribution in [0.5, 0.6) is 0 Å². The van der Waals surface area contributed by atoms with Crippen LogP contribution in [0.25, 0.3) is 0 Å². The highest BCUT2D eigenvalue weighted by atomic mass is 16.4. The van der Waals surface area contributed by atoms with Crippen molar-refractivity contribution in [2.24, 2.45) is 0 Å². The molecule has 0 aromatic heterocycles. The molecular formula is C14H24O2. The Labute approximate surface area is 99.1 Å². The van der Waals surface area contributed by atoms with Gasteiger partial charge in [-0.2, -0.15) is 0 Å². The van der Waals surface area contributed by atoms with E-state index in [1.807, 2.05) is 0 Å². The summed E-state index contributed by atoms with van der Waals surface area (Å²) in [6.07, 6.45) is 16.5. The molecule has 0 fully saturated rings. The van der Waals surface area contributed by atoms with Gasteiger partial charge in [0.1, 0.15) is 0 Å². The molecule has 2 heteroatoms. The maximum atomic E-state index is 10.2. The summed E-state index contributed by atoms with van der Waals surface area (Å²) >= 11 is 0. The Bertz CT molecular complexity index is 217. The van der Waals surface area contributed by atoms with Crippen LogP contribution in [-0.4, -0.2) is 11.1 Å². The molecule has 0 amide bonds. The number of carboxylic acid groups (broad SMARTS) is 1. The van der Waals surface area contributed by atoms with E-state index in [2.05, 4.69) is 31.2 Å². The number of unbranched alkanes of at least 4 members (excludes halogenated alkanes) is 5.